The Kier molecular flexibility index (Phi) is 7.20. The van der Waals surface area contributed by atoms with Gasteiger partial charge in [0.15, 0.2) is 11.0 Å². The number of thioether (sulfide) groups is 1. The Morgan fingerprint density at radius 2 is 1.97 bits per heavy atom. The zero-order chi connectivity index (χ0) is 21.8. The van der Waals surface area contributed by atoms with Crippen molar-refractivity contribution in [2.45, 2.75) is 50.1 Å². The van der Waals surface area contributed by atoms with Crippen LogP contribution in [0.15, 0.2) is 47.6 Å². The molecule has 1 saturated carbocycles. The summed E-state index contributed by atoms with van der Waals surface area (Å²) in [7, 11) is 0. The van der Waals surface area contributed by atoms with Gasteiger partial charge in [-0.15, -0.1) is 10.2 Å². The molecule has 0 bridgehead atoms. The number of hydrogen-bond donors (Lipinski definition) is 1. The maximum atomic E-state index is 12.5. The zero-order valence-corrected chi connectivity index (χ0v) is 19.6. The van der Waals surface area contributed by atoms with Gasteiger partial charge in [0.05, 0.1) is 17.3 Å². The molecule has 162 valence electrons. The molecule has 0 radical (unpaired) electrons. The molecule has 8 heteroatoms. The monoisotopic (exact) mass is 474 g/mol. The lowest BCUT2D eigenvalue weighted by Gasteiger charge is -2.14. The van der Waals surface area contributed by atoms with Gasteiger partial charge in [-0.25, -0.2) is 0 Å². The van der Waals surface area contributed by atoms with Gasteiger partial charge in [0.2, 0.25) is 5.91 Å². The Labute approximate surface area is 196 Å². The average molecular weight is 475 g/mol. The zero-order valence-electron chi connectivity index (χ0n) is 17.3. The van der Waals surface area contributed by atoms with Crippen LogP contribution in [0.5, 0.6) is 0 Å². The van der Waals surface area contributed by atoms with E-state index >= 15 is 0 Å². The molecule has 1 N–H and O–H groups in total. The first kappa shape index (κ1) is 22.2. The van der Waals surface area contributed by atoms with Crippen molar-refractivity contribution >= 4 is 40.9 Å². The normalized spacial score (nSPS) is 14.2. The highest BCUT2D eigenvalue weighted by atomic mass is 35.5. The largest absolute Gasteiger partial charge is 0.349 e. The molecular weight excluding hydrogens is 451 g/mol. The van der Waals surface area contributed by atoms with Crippen LogP contribution in [0.3, 0.4) is 0 Å². The number of carbonyl (C=O) groups excluding carboxylic acids is 1. The van der Waals surface area contributed by atoms with Crippen molar-refractivity contribution in [3.63, 3.8) is 0 Å². The molecule has 1 aliphatic carbocycles. The number of nitrogens with zero attached hydrogens (tertiary/aromatic N) is 3. The Morgan fingerprint density at radius 1 is 1.16 bits per heavy atom. The topological polar surface area (TPSA) is 59.8 Å². The summed E-state index contributed by atoms with van der Waals surface area (Å²) in [5.74, 6) is 1.58. The fourth-order valence-electron chi connectivity index (χ4n) is 3.86. The van der Waals surface area contributed by atoms with E-state index in [2.05, 4.69) is 46.7 Å². The van der Waals surface area contributed by atoms with E-state index in [0.717, 1.165) is 42.3 Å². The highest BCUT2D eigenvalue weighted by Gasteiger charge is 2.24. The van der Waals surface area contributed by atoms with Crippen molar-refractivity contribution < 1.29 is 4.79 Å². The Hall–Kier alpha value is -2.02. The number of halogens is 2. The van der Waals surface area contributed by atoms with Gasteiger partial charge < -0.3 is 5.32 Å². The molecule has 0 saturated heterocycles. The summed E-state index contributed by atoms with van der Waals surface area (Å²) in [5, 5.41) is 13.6. The Bertz CT molecular complexity index is 1080. The van der Waals surface area contributed by atoms with Crippen LogP contribution in [0.25, 0.3) is 5.69 Å². The summed E-state index contributed by atoms with van der Waals surface area (Å²) in [6.07, 6.45) is 4.15. The fourth-order valence-corrected chi connectivity index (χ4v) is 5.26. The molecule has 2 aromatic carbocycles. The lowest BCUT2D eigenvalue weighted by atomic mass is 10.1. The van der Waals surface area contributed by atoms with Crippen LogP contribution in [0.4, 0.5) is 0 Å². The molecule has 0 unspecified atom stereocenters. The SMILES string of the molecule is Cc1cccc(CSc2nnc(CNC(=O)C3CCCC3)n2-c2ccc(Cl)cc2Cl)c1. The molecule has 1 heterocycles. The van der Waals surface area contributed by atoms with Crippen LogP contribution in [0.1, 0.15) is 42.6 Å². The minimum Gasteiger partial charge on any atom is -0.349 e. The predicted octanol–water partition coefficient (Wildman–Crippen LogP) is 5.98. The van der Waals surface area contributed by atoms with Crippen LogP contribution in [-0.2, 0) is 17.1 Å². The highest BCUT2D eigenvalue weighted by molar-refractivity contribution is 7.98. The molecule has 1 aliphatic rings. The van der Waals surface area contributed by atoms with Crippen molar-refractivity contribution in [3.05, 3.63) is 69.5 Å². The van der Waals surface area contributed by atoms with Crippen LogP contribution in [0.2, 0.25) is 10.0 Å². The summed E-state index contributed by atoms with van der Waals surface area (Å²) in [6.45, 7) is 2.38. The highest BCUT2D eigenvalue weighted by Crippen LogP contribution is 2.31. The summed E-state index contributed by atoms with van der Waals surface area (Å²) >= 11 is 14.2. The minimum atomic E-state index is 0.0863. The van der Waals surface area contributed by atoms with Crippen LogP contribution < -0.4 is 5.32 Å². The smallest absolute Gasteiger partial charge is 0.223 e. The first-order valence-electron chi connectivity index (χ1n) is 10.4. The molecule has 4 rings (SSSR count). The van der Waals surface area contributed by atoms with E-state index in [-0.39, 0.29) is 11.8 Å². The van der Waals surface area contributed by atoms with E-state index in [1.165, 1.54) is 11.1 Å². The number of nitrogens with one attached hydrogen (secondary N) is 1. The molecule has 1 amide bonds. The lowest BCUT2D eigenvalue weighted by molar-refractivity contribution is -0.125. The van der Waals surface area contributed by atoms with Crippen LogP contribution >= 0.6 is 35.0 Å². The second-order valence-corrected chi connectivity index (χ2v) is 9.59. The molecular formula is C23H24Cl2N4OS. The summed E-state index contributed by atoms with van der Waals surface area (Å²) in [6, 6.07) is 13.7. The Balaban J connectivity index is 1.59. The molecule has 5 nitrogen and oxygen atoms in total. The molecule has 0 atom stereocenters. The standard InChI is InChI=1S/C23H24Cl2N4OS/c1-15-5-4-6-16(11-15)14-31-23-28-27-21(13-26-22(30)17-7-2-3-8-17)29(23)20-10-9-18(24)12-19(20)25/h4-6,9-12,17H,2-3,7-8,13-14H2,1H3,(H,26,30). The molecule has 3 aromatic rings. The third-order valence-electron chi connectivity index (χ3n) is 5.45. The van der Waals surface area contributed by atoms with Crippen molar-refractivity contribution in [2.24, 2.45) is 5.92 Å². The van der Waals surface area contributed by atoms with E-state index in [0.29, 0.717) is 22.4 Å². The second kappa shape index (κ2) is 10.1. The van der Waals surface area contributed by atoms with Crippen molar-refractivity contribution in [2.75, 3.05) is 0 Å². The summed E-state index contributed by atoms with van der Waals surface area (Å²) in [4.78, 5) is 12.5. The molecule has 0 aliphatic heterocycles. The van der Waals surface area contributed by atoms with Crippen LogP contribution in [-0.4, -0.2) is 20.7 Å². The minimum absolute atomic E-state index is 0.0863. The summed E-state index contributed by atoms with van der Waals surface area (Å²) < 4.78 is 1.91. The number of amides is 1. The molecule has 1 fully saturated rings. The quantitative estimate of drug-likeness (QED) is 0.427. The maximum Gasteiger partial charge on any atom is 0.223 e. The Morgan fingerprint density at radius 3 is 2.71 bits per heavy atom. The van der Waals surface area contributed by atoms with Gasteiger partial charge in [0, 0.05) is 16.7 Å². The van der Waals surface area contributed by atoms with Crippen molar-refractivity contribution in [3.8, 4) is 5.69 Å². The third kappa shape index (κ3) is 5.43. The van der Waals surface area contributed by atoms with Crippen molar-refractivity contribution in [1.82, 2.24) is 20.1 Å². The number of carbonyl (C=O) groups is 1. The number of aromatic nitrogens is 3. The molecule has 31 heavy (non-hydrogen) atoms. The van der Waals surface area contributed by atoms with E-state index in [1.54, 1.807) is 23.9 Å². The van der Waals surface area contributed by atoms with Gasteiger partial charge in [-0.2, -0.15) is 0 Å². The van der Waals surface area contributed by atoms with E-state index in [1.807, 2.05) is 10.6 Å². The molecule has 0 spiro atoms. The van der Waals surface area contributed by atoms with Gasteiger partial charge >= 0.3 is 0 Å². The number of hydrogen-bond acceptors (Lipinski definition) is 4. The predicted molar refractivity (Wildman–Crippen MR) is 126 cm³/mol. The number of rotatable bonds is 7. The lowest BCUT2D eigenvalue weighted by Crippen LogP contribution is -2.29. The maximum absolute atomic E-state index is 12.5. The van der Waals surface area contributed by atoms with Crippen LogP contribution in [0, 0.1) is 12.8 Å². The summed E-state index contributed by atoms with van der Waals surface area (Å²) in [5.41, 5.74) is 3.17. The molecule has 1 aromatic heterocycles. The average Bonchev–Trinajstić information content (AvgIpc) is 3.41. The number of benzene rings is 2. The fraction of sp³-hybridized carbons (Fsp3) is 0.348. The van der Waals surface area contributed by atoms with E-state index in [9.17, 15) is 4.79 Å². The van der Waals surface area contributed by atoms with E-state index in [4.69, 9.17) is 23.2 Å². The van der Waals surface area contributed by atoms with E-state index < -0.39 is 0 Å². The van der Waals surface area contributed by atoms with Gasteiger partial charge in [-0.05, 0) is 43.5 Å². The van der Waals surface area contributed by atoms with Crippen molar-refractivity contribution in [1.29, 1.82) is 0 Å². The first-order valence-corrected chi connectivity index (χ1v) is 12.1. The third-order valence-corrected chi connectivity index (χ3v) is 6.99. The van der Waals surface area contributed by atoms with Gasteiger partial charge in [0.25, 0.3) is 0 Å². The van der Waals surface area contributed by atoms with Gasteiger partial charge in [0.1, 0.15) is 0 Å². The van der Waals surface area contributed by atoms with Gasteiger partial charge in [-0.1, -0.05) is 77.6 Å². The second-order valence-electron chi connectivity index (χ2n) is 7.81. The number of aryl methyl sites for hydroxylation is 1. The first-order chi connectivity index (χ1) is 15.0. The van der Waals surface area contributed by atoms with Gasteiger partial charge in [-0.3, -0.25) is 9.36 Å².